The van der Waals surface area contributed by atoms with E-state index in [0.717, 1.165) is 5.56 Å². The molecule has 1 atom stereocenters. The predicted molar refractivity (Wildman–Crippen MR) is 127 cm³/mol. The second-order valence-corrected chi connectivity index (χ2v) is 7.67. The standard InChI is InChI=1S/C25H20ClN3O3/c26-18-13-10-17(11-14-18)12-15-24(31)29-21-9-5-4-8-20(21)28-25(32)22(29)16-23(30)27-19-6-2-1-3-7-19/h1-15,22H,16H2,(H,27,30)(H,28,32). The van der Waals surface area contributed by atoms with Gasteiger partial charge in [0.05, 0.1) is 17.8 Å². The third kappa shape index (κ3) is 4.87. The van der Waals surface area contributed by atoms with Gasteiger partial charge in [0.25, 0.3) is 5.91 Å². The van der Waals surface area contributed by atoms with Crippen LogP contribution in [0.4, 0.5) is 17.1 Å². The molecule has 0 saturated carbocycles. The molecule has 1 unspecified atom stereocenters. The van der Waals surface area contributed by atoms with Crippen LogP contribution in [0.5, 0.6) is 0 Å². The first-order valence-corrected chi connectivity index (χ1v) is 10.4. The van der Waals surface area contributed by atoms with Crippen molar-refractivity contribution in [2.45, 2.75) is 12.5 Å². The largest absolute Gasteiger partial charge is 0.326 e. The van der Waals surface area contributed by atoms with Gasteiger partial charge in [-0.15, -0.1) is 0 Å². The van der Waals surface area contributed by atoms with Gasteiger partial charge in [-0.1, -0.05) is 54.1 Å². The van der Waals surface area contributed by atoms with Gasteiger partial charge in [-0.25, -0.2) is 0 Å². The molecule has 0 aromatic heterocycles. The molecule has 0 radical (unpaired) electrons. The lowest BCUT2D eigenvalue weighted by Gasteiger charge is -2.35. The summed E-state index contributed by atoms with van der Waals surface area (Å²) in [4.78, 5) is 40.1. The summed E-state index contributed by atoms with van der Waals surface area (Å²) in [5.74, 6) is -1.19. The van der Waals surface area contributed by atoms with Gasteiger partial charge in [-0.2, -0.15) is 0 Å². The lowest BCUT2D eigenvalue weighted by Crippen LogP contribution is -2.52. The van der Waals surface area contributed by atoms with Crippen molar-refractivity contribution in [3.05, 3.63) is 95.5 Å². The molecule has 1 aliphatic heterocycles. The number of halogens is 1. The van der Waals surface area contributed by atoms with Crippen molar-refractivity contribution in [2.75, 3.05) is 15.5 Å². The molecule has 3 aromatic carbocycles. The fraction of sp³-hybridized carbons (Fsp3) is 0.0800. The van der Waals surface area contributed by atoms with E-state index in [1.807, 2.05) is 6.07 Å². The monoisotopic (exact) mass is 445 g/mol. The van der Waals surface area contributed by atoms with Crippen LogP contribution in [-0.2, 0) is 14.4 Å². The summed E-state index contributed by atoms with van der Waals surface area (Å²) < 4.78 is 0. The molecular formula is C25H20ClN3O3. The minimum atomic E-state index is -0.990. The first-order chi connectivity index (χ1) is 15.5. The van der Waals surface area contributed by atoms with Gasteiger partial charge in [0.2, 0.25) is 11.8 Å². The lowest BCUT2D eigenvalue weighted by molar-refractivity contribution is -0.124. The van der Waals surface area contributed by atoms with Crippen LogP contribution in [-0.4, -0.2) is 23.8 Å². The molecule has 6 nitrogen and oxygen atoms in total. The second-order valence-electron chi connectivity index (χ2n) is 7.23. The number of benzene rings is 3. The Labute approximate surface area is 190 Å². The molecule has 0 saturated heterocycles. The maximum absolute atomic E-state index is 13.2. The van der Waals surface area contributed by atoms with Gasteiger partial charge in [0, 0.05) is 16.8 Å². The van der Waals surface area contributed by atoms with E-state index in [4.69, 9.17) is 11.6 Å². The second kappa shape index (κ2) is 9.49. The zero-order chi connectivity index (χ0) is 22.5. The Bertz CT molecular complexity index is 1180. The molecule has 7 heteroatoms. The zero-order valence-corrected chi connectivity index (χ0v) is 17.8. The van der Waals surface area contributed by atoms with E-state index in [1.165, 1.54) is 11.0 Å². The molecule has 32 heavy (non-hydrogen) atoms. The van der Waals surface area contributed by atoms with Crippen LogP contribution < -0.4 is 15.5 Å². The first kappa shape index (κ1) is 21.3. The van der Waals surface area contributed by atoms with E-state index < -0.39 is 17.9 Å². The molecule has 1 heterocycles. The smallest absolute Gasteiger partial charge is 0.251 e. The number of hydrogen-bond donors (Lipinski definition) is 2. The topological polar surface area (TPSA) is 78.5 Å². The average molecular weight is 446 g/mol. The van der Waals surface area contributed by atoms with Crippen molar-refractivity contribution < 1.29 is 14.4 Å². The molecule has 160 valence electrons. The maximum atomic E-state index is 13.2. The van der Waals surface area contributed by atoms with Gasteiger partial charge in [-0.3, -0.25) is 19.3 Å². The quantitative estimate of drug-likeness (QED) is 0.557. The van der Waals surface area contributed by atoms with Crippen molar-refractivity contribution in [3.8, 4) is 0 Å². The summed E-state index contributed by atoms with van der Waals surface area (Å²) in [6.07, 6.45) is 2.85. The highest BCUT2D eigenvalue weighted by Gasteiger charge is 2.37. The molecule has 3 amide bonds. The van der Waals surface area contributed by atoms with Gasteiger partial charge >= 0.3 is 0 Å². The number of para-hydroxylation sites is 3. The Kier molecular flexibility index (Phi) is 6.33. The number of fused-ring (bicyclic) bond motifs is 1. The SMILES string of the molecule is O=C(CC1C(=O)Nc2ccccc2N1C(=O)C=Cc1ccc(Cl)cc1)Nc1ccccc1. The lowest BCUT2D eigenvalue weighted by atomic mass is 10.0. The summed E-state index contributed by atoms with van der Waals surface area (Å²) in [5, 5.41) is 6.16. The zero-order valence-electron chi connectivity index (χ0n) is 17.0. The Hall–Kier alpha value is -3.90. The third-order valence-corrected chi connectivity index (χ3v) is 5.25. The van der Waals surface area contributed by atoms with E-state index in [0.29, 0.717) is 22.1 Å². The van der Waals surface area contributed by atoms with E-state index in [9.17, 15) is 14.4 Å². The van der Waals surface area contributed by atoms with Crippen molar-refractivity contribution in [2.24, 2.45) is 0 Å². The van der Waals surface area contributed by atoms with Crippen LogP contribution in [0.3, 0.4) is 0 Å². The minimum absolute atomic E-state index is 0.185. The number of hydrogen-bond acceptors (Lipinski definition) is 3. The Morgan fingerprint density at radius 2 is 1.66 bits per heavy atom. The van der Waals surface area contributed by atoms with Crippen LogP contribution in [0.2, 0.25) is 5.02 Å². The molecule has 3 aromatic rings. The van der Waals surface area contributed by atoms with E-state index >= 15 is 0 Å². The van der Waals surface area contributed by atoms with Crippen molar-refractivity contribution in [1.82, 2.24) is 0 Å². The summed E-state index contributed by atoms with van der Waals surface area (Å²) >= 11 is 5.91. The van der Waals surface area contributed by atoms with Gasteiger partial charge < -0.3 is 10.6 Å². The number of carbonyl (C=O) groups excluding carboxylic acids is 3. The van der Waals surface area contributed by atoms with Crippen LogP contribution in [0, 0.1) is 0 Å². The maximum Gasteiger partial charge on any atom is 0.251 e. The van der Waals surface area contributed by atoms with E-state index in [2.05, 4.69) is 10.6 Å². The summed E-state index contributed by atoms with van der Waals surface area (Å²) in [7, 11) is 0. The minimum Gasteiger partial charge on any atom is -0.326 e. The number of amides is 3. The van der Waals surface area contributed by atoms with Gasteiger partial charge in [0.1, 0.15) is 6.04 Å². The van der Waals surface area contributed by atoms with Crippen LogP contribution >= 0.6 is 11.6 Å². The van der Waals surface area contributed by atoms with Crippen LogP contribution in [0.1, 0.15) is 12.0 Å². The molecular weight excluding hydrogens is 426 g/mol. The molecule has 0 spiro atoms. The van der Waals surface area contributed by atoms with Crippen LogP contribution in [0.25, 0.3) is 6.08 Å². The Balaban J connectivity index is 1.60. The molecule has 1 aliphatic rings. The fourth-order valence-electron chi connectivity index (χ4n) is 3.48. The number of nitrogens with one attached hydrogen (secondary N) is 2. The highest BCUT2D eigenvalue weighted by Crippen LogP contribution is 2.33. The number of nitrogens with zero attached hydrogens (tertiary/aromatic N) is 1. The average Bonchev–Trinajstić information content (AvgIpc) is 2.79. The van der Waals surface area contributed by atoms with Crippen molar-refractivity contribution >= 4 is 52.5 Å². The number of carbonyl (C=O) groups is 3. The van der Waals surface area contributed by atoms with E-state index in [1.54, 1.807) is 78.9 Å². The highest BCUT2D eigenvalue weighted by atomic mass is 35.5. The molecule has 2 N–H and O–H groups in total. The summed E-state index contributed by atoms with van der Waals surface area (Å²) in [6, 6.07) is 22.0. The van der Waals surface area contributed by atoms with E-state index in [-0.39, 0.29) is 12.3 Å². The normalized spacial score (nSPS) is 15.2. The number of rotatable bonds is 5. The molecule has 0 fully saturated rings. The third-order valence-electron chi connectivity index (χ3n) is 5.00. The predicted octanol–water partition coefficient (Wildman–Crippen LogP) is 4.74. The van der Waals surface area contributed by atoms with Crippen molar-refractivity contribution in [1.29, 1.82) is 0 Å². The number of anilines is 3. The first-order valence-electron chi connectivity index (χ1n) is 10.0. The fourth-order valence-corrected chi connectivity index (χ4v) is 3.60. The molecule has 4 rings (SSSR count). The Morgan fingerprint density at radius 1 is 0.969 bits per heavy atom. The van der Waals surface area contributed by atoms with Gasteiger partial charge in [0.15, 0.2) is 0 Å². The van der Waals surface area contributed by atoms with Crippen molar-refractivity contribution in [3.63, 3.8) is 0 Å². The van der Waals surface area contributed by atoms with Crippen LogP contribution in [0.15, 0.2) is 84.9 Å². The van der Waals surface area contributed by atoms with Gasteiger partial charge in [-0.05, 0) is 48.0 Å². The summed E-state index contributed by atoms with van der Waals surface area (Å²) in [5.41, 5.74) is 2.46. The molecule has 0 bridgehead atoms. The highest BCUT2D eigenvalue weighted by molar-refractivity contribution is 6.30. The Morgan fingerprint density at radius 3 is 2.41 bits per heavy atom. The summed E-state index contributed by atoms with van der Waals surface area (Å²) in [6.45, 7) is 0. The molecule has 0 aliphatic carbocycles.